The molecule has 0 unspecified atom stereocenters. The van der Waals surface area contributed by atoms with Crippen LogP contribution in [0.15, 0.2) is 0 Å². The molecule has 0 heterocycles. The van der Waals surface area contributed by atoms with Crippen LogP contribution in [0.3, 0.4) is 0 Å². The third-order valence-corrected chi connectivity index (χ3v) is 0.787. The van der Waals surface area contributed by atoms with Crippen LogP contribution in [-0.4, -0.2) is 30.8 Å². The van der Waals surface area contributed by atoms with Crippen LogP contribution in [0.2, 0.25) is 0 Å². The molecule has 54 valence electrons. The fourth-order valence-electron chi connectivity index (χ4n) is 0.387. The quantitative estimate of drug-likeness (QED) is 0.522. The second-order valence-corrected chi connectivity index (χ2v) is 1.58. The van der Waals surface area contributed by atoms with Crippen molar-refractivity contribution in [3.8, 4) is 0 Å². The number of carbonyl (C=O) groups is 1. The van der Waals surface area contributed by atoms with Crippen molar-refractivity contribution >= 4 is 5.97 Å². The first-order valence-corrected chi connectivity index (χ1v) is 2.76. The number of halogens is 1. The smallest absolute Gasteiger partial charge is 0.304 e. The molecule has 4 heteroatoms. The molecule has 0 atom stereocenters. The predicted molar refractivity (Wildman–Crippen MR) is 31.1 cm³/mol. The van der Waals surface area contributed by atoms with E-state index in [4.69, 9.17) is 5.11 Å². The summed E-state index contributed by atoms with van der Waals surface area (Å²) in [5.41, 5.74) is 0. The monoisotopic (exact) mass is 135 g/mol. The Morgan fingerprint density at radius 2 is 2.22 bits per heavy atom. The lowest BCUT2D eigenvalue weighted by molar-refractivity contribution is -0.136. The van der Waals surface area contributed by atoms with Gasteiger partial charge >= 0.3 is 5.97 Å². The lowest BCUT2D eigenvalue weighted by Crippen LogP contribution is -2.20. The lowest BCUT2D eigenvalue weighted by Gasteiger charge is -1.95. The van der Waals surface area contributed by atoms with Crippen LogP contribution in [0, 0.1) is 0 Å². The molecule has 0 radical (unpaired) electrons. The van der Waals surface area contributed by atoms with Gasteiger partial charge < -0.3 is 10.4 Å². The molecule has 0 aliphatic heterocycles. The fraction of sp³-hybridized carbons (Fsp3) is 0.800. The molecule has 0 aromatic rings. The van der Waals surface area contributed by atoms with E-state index in [0.29, 0.717) is 6.54 Å². The molecule has 0 bridgehead atoms. The Labute approximate surface area is 52.9 Å². The van der Waals surface area contributed by atoms with Crippen molar-refractivity contribution in [3.05, 3.63) is 0 Å². The van der Waals surface area contributed by atoms with Crippen molar-refractivity contribution in [1.82, 2.24) is 5.32 Å². The zero-order valence-corrected chi connectivity index (χ0v) is 5.06. The van der Waals surface area contributed by atoms with Gasteiger partial charge in [-0.2, -0.15) is 0 Å². The minimum absolute atomic E-state index is 0.0556. The molecule has 0 aromatic heterocycles. The third kappa shape index (κ3) is 7.36. The number of rotatable bonds is 5. The van der Waals surface area contributed by atoms with Crippen molar-refractivity contribution in [1.29, 1.82) is 0 Å². The zero-order chi connectivity index (χ0) is 7.11. The van der Waals surface area contributed by atoms with Gasteiger partial charge in [-0.25, -0.2) is 4.39 Å². The maximum atomic E-state index is 11.3. The van der Waals surface area contributed by atoms with Crippen LogP contribution in [0.1, 0.15) is 6.42 Å². The summed E-state index contributed by atoms with van der Waals surface area (Å²) in [7, 11) is 0. The van der Waals surface area contributed by atoms with Crippen molar-refractivity contribution in [2.75, 3.05) is 19.8 Å². The van der Waals surface area contributed by atoms with Crippen LogP contribution in [0.5, 0.6) is 0 Å². The highest BCUT2D eigenvalue weighted by molar-refractivity contribution is 5.66. The van der Waals surface area contributed by atoms with Gasteiger partial charge in [-0.05, 0) is 0 Å². The average Bonchev–Trinajstić information content (AvgIpc) is 1.80. The molecule has 0 fully saturated rings. The highest BCUT2D eigenvalue weighted by atomic mass is 19.1. The predicted octanol–water partition coefficient (Wildman–Crippen LogP) is 0.0202. The topological polar surface area (TPSA) is 49.3 Å². The van der Waals surface area contributed by atoms with E-state index in [0.717, 1.165) is 0 Å². The lowest BCUT2D eigenvalue weighted by atomic mass is 10.4. The molecular formula is C5H10FNO2. The molecule has 9 heavy (non-hydrogen) atoms. The van der Waals surface area contributed by atoms with Crippen LogP contribution in [0.25, 0.3) is 0 Å². The van der Waals surface area contributed by atoms with Gasteiger partial charge in [-0.1, -0.05) is 0 Å². The maximum absolute atomic E-state index is 11.3. The Bertz CT molecular complexity index is 87.0. The molecule has 0 aromatic carbocycles. The van der Waals surface area contributed by atoms with Crippen LogP contribution in [0.4, 0.5) is 4.39 Å². The highest BCUT2D eigenvalue weighted by Crippen LogP contribution is 1.74. The number of hydrogen-bond donors (Lipinski definition) is 2. The maximum Gasteiger partial charge on any atom is 0.304 e. The normalized spacial score (nSPS) is 9.44. The van der Waals surface area contributed by atoms with Crippen molar-refractivity contribution in [2.45, 2.75) is 6.42 Å². The zero-order valence-electron chi connectivity index (χ0n) is 5.06. The number of alkyl halides is 1. The average molecular weight is 135 g/mol. The Kier molecular flexibility index (Phi) is 5.11. The number of aliphatic carboxylic acids is 1. The van der Waals surface area contributed by atoms with Gasteiger partial charge in [-0.3, -0.25) is 4.79 Å². The Hall–Kier alpha value is -0.640. The van der Waals surface area contributed by atoms with Crippen molar-refractivity contribution in [2.24, 2.45) is 0 Å². The second-order valence-electron chi connectivity index (χ2n) is 1.58. The molecule has 0 rings (SSSR count). The molecule has 2 N–H and O–H groups in total. The summed E-state index contributed by atoms with van der Waals surface area (Å²) in [6.45, 7) is 0.145. The molecule has 0 aliphatic carbocycles. The molecule has 0 spiro atoms. The SMILES string of the molecule is O=C(O)CCNCCF. The molecule has 0 aliphatic rings. The molecular weight excluding hydrogens is 125 g/mol. The number of carboxylic acid groups (broad SMARTS) is 1. The Morgan fingerprint density at radius 3 is 2.67 bits per heavy atom. The van der Waals surface area contributed by atoms with E-state index < -0.39 is 12.6 Å². The van der Waals surface area contributed by atoms with Crippen LogP contribution in [-0.2, 0) is 4.79 Å². The summed E-state index contributed by atoms with van der Waals surface area (Å²) in [5, 5.41) is 10.7. The van der Waals surface area contributed by atoms with E-state index >= 15 is 0 Å². The number of carboxylic acids is 1. The van der Waals surface area contributed by atoms with E-state index in [1.54, 1.807) is 0 Å². The van der Waals surface area contributed by atoms with Crippen molar-refractivity contribution < 1.29 is 14.3 Å². The Balaban J connectivity index is 2.83. The standard InChI is InChI=1S/C5H10FNO2/c6-2-4-7-3-1-5(8)9/h7H,1-4H2,(H,8,9). The van der Waals surface area contributed by atoms with E-state index in [-0.39, 0.29) is 13.0 Å². The van der Waals surface area contributed by atoms with E-state index in [1.807, 2.05) is 0 Å². The summed E-state index contributed by atoms with van der Waals surface area (Å²) in [4.78, 5) is 9.83. The number of nitrogens with one attached hydrogen (secondary N) is 1. The summed E-state index contributed by atoms with van der Waals surface area (Å²) in [6, 6.07) is 0. The number of hydrogen-bond acceptors (Lipinski definition) is 2. The van der Waals surface area contributed by atoms with Gasteiger partial charge in [0, 0.05) is 13.1 Å². The molecule has 0 amide bonds. The first kappa shape index (κ1) is 8.36. The van der Waals surface area contributed by atoms with E-state index in [1.165, 1.54) is 0 Å². The van der Waals surface area contributed by atoms with Gasteiger partial charge in [0.15, 0.2) is 0 Å². The van der Waals surface area contributed by atoms with Crippen molar-refractivity contribution in [3.63, 3.8) is 0 Å². The Morgan fingerprint density at radius 1 is 1.56 bits per heavy atom. The molecule has 0 saturated heterocycles. The van der Waals surface area contributed by atoms with Gasteiger partial charge in [0.05, 0.1) is 6.42 Å². The van der Waals surface area contributed by atoms with Crippen LogP contribution < -0.4 is 5.32 Å². The summed E-state index contributed by atoms with van der Waals surface area (Å²) in [6.07, 6.45) is 0.0556. The van der Waals surface area contributed by atoms with E-state index in [2.05, 4.69) is 5.32 Å². The minimum atomic E-state index is -0.860. The van der Waals surface area contributed by atoms with Gasteiger partial charge in [-0.15, -0.1) is 0 Å². The first-order valence-electron chi connectivity index (χ1n) is 2.76. The third-order valence-electron chi connectivity index (χ3n) is 0.787. The first-order chi connectivity index (χ1) is 4.27. The van der Waals surface area contributed by atoms with Gasteiger partial charge in [0.25, 0.3) is 0 Å². The highest BCUT2D eigenvalue weighted by Gasteiger charge is 1.93. The minimum Gasteiger partial charge on any atom is -0.481 e. The van der Waals surface area contributed by atoms with Crippen LogP contribution >= 0.6 is 0 Å². The summed E-state index contributed by atoms with van der Waals surface area (Å²) >= 11 is 0. The fourth-order valence-corrected chi connectivity index (χ4v) is 0.387. The van der Waals surface area contributed by atoms with Gasteiger partial charge in [0.1, 0.15) is 6.67 Å². The van der Waals surface area contributed by atoms with E-state index in [9.17, 15) is 9.18 Å². The summed E-state index contributed by atoms with van der Waals surface area (Å²) in [5.74, 6) is -0.860. The van der Waals surface area contributed by atoms with Gasteiger partial charge in [0.2, 0.25) is 0 Å². The summed E-state index contributed by atoms with van der Waals surface area (Å²) < 4.78 is 11.3. The largest absolute Gasteiger partial charge is 0.481 e. The second kappa shape index (κ2) is 5.50. The molecule has 0 saturated carbocycles. The molecule has 3 nitrogen and oxygen atoms in total.